The molecule has 0 saturated carbocycles. The molecule has 0 fully saturated rings. The van der Waals surface area contributed by atoms with Gasteiger partial charge in [-0.25, -0.2) is 18.0 Å². The number of nitrogens with two attached hydrogens (primary N) is 1. The fourth-order valence-corrected chi connectivity index (χ4v) is 3.69. The summed E-state index contributed by atoms with van der Waals surface area (Å²) >= 11 is 0. The van der Waals surface area contributed by atoms with Crippen molar-refractivity contribution in [1.29, 1.82) is 0 Å². The van der Waals surface area contributed by atoms with Crippen LogP contribution in [0.4, 0.5) is 5.69 Å². The van der Waals surface area contributed by atoms with Gasteiger partial charge in [0.15, 0.2) is 0 Å². The fraction of sp³-hybridized carbons (Fsp3) is 0.125. The first-order valence-electron chi connectivity index (χ1n) is 6.73. The molecule has 2 N–H and O–H groups in total. The van der Waals surface area contributed by atoms with Crippen molar-refractivity contribution in [2.24, 2.45) is 0 Å². The van der Waals surface area contributed by atoms with Crippen molar-refractivity contribution in [2.45, 2.75) is 9.79 Å². The highest BCUT2D eigenvalue weighted by atomic mass is 32.2. The summed E-state index contributed by atoms with van der Waals surface area (Å²) in [6.45, 7) is 0. The minimum atomic E-state index is -4.08. The van der Waals surface area contributed by atoms with Crippen LogP contribution in [-0.4, -0.2) is 34.6 Å². The van der Waals surface area contributed by atoms with E-state index in [1.807, 2.05) is 0 Å². The zero-order valence-corrected chi connectivity index (χ0v) is 13.8. The molecule has 0 aliphatic carbocycles. The zero-order valence-electron chi connectivity index (χ0n) is 13.0. The van der Waals surface area contributed by atoms with Crippen LogP contribution in [0.5, 0.6) is 0 Å². The second-order valence-corrected chi connectivity index (χ2v) is 6.62. The van der Waals surface area contributed by atoms with Gasteiger partial charge in [-0.1, -0.05) is 12.1 Å². The van der Waals surface area contributed by atoms with Crippen LogP contribution in [0.15, 0.2) is 52.3 Å². The molecule has 0 heterocycles. The van der Waals surface area contributed by atoms with Gasteiger partial charge in [-0.3, -0.25) is 0 Å². The molecule has 7 nitrogen and oxygen atoms in total. The van der Waals surface area contributed by atoms with E-state index in [2.05, 4.69) is 9.47 Å². The molecule has 0 aliphatic heterocycles. The van der Waals surface area contributed by atoms with Crippen molar-refractivity contribution < 1.29 is 27.5 Å². The first kappa shape index (κ1) is 17.5. The van der Waals surface area contributed by atoms with E-state index in [9.17, 15) is 18.0 Å². The summed E-state index contributed by atoms with van der Waals surface area (Å²) in [6.07, 6.45) is 0. The lowest BCUT2D eigenvalue weighted by Gasteiger charge is -2.11. The number of sulfone groups is 1. The second-order valence-electron chi connectivity index (χ2n) is 4.74. The van der Waals surface area contributed by atoms with Crippen molar-refractivity contribution in [2.75, 3.05) is 20.0 Å². The van der Waals surface area contributed by atoms with Gasteiger partial charge in [-0.2, -0.15) is 0 Å². The smallest absolute Gasteiger partial charge is 0.339 e. The molecule has 0 unspecified atom stereocenters. The van der Waals surface area contributed by atoms with Crippen LogP contribution in [0.2, 0.25) is 0 Å². The van der Waals surface area contributed by atoms with Crippen LogP contribution in [0, 0.1) is 0 Å². The average Bonchev–Trinajstić information content (AvgIpc) is 2.59. The Balaban J connectivity index is 2.61. The minimum absolute atomic E-state index is 0.101. The summed E-state index contributed by atoms with van der Waals surface area (Å²) in [7, 11) is -1.72. The molecule has 126 valence electrons. The van der Waals surface area contributed by atoms with E-state index in [-0.39, 0.29) is 26.6 Å². The molecule has 0 bridgehead atoms. The van der Waals surface area contributed by atoms with Gasteiger partial charge in [0.25, 0.3) is 0 Å². The predicted octanol–water partition coefficient (Wildman–Crippen LogP) is 1.67. The predicted molar refractivity (Wildman–Crippen MR) is 85.4 cm³/mol. The Labute approximate surface area is 138 Å². The molecular formula is C16H15NO6S. The second kappa shape index (κ2) is 6.71. The molecular weight excluding hydrogens is 334 g/mol. The lowest BCUT2D eigenvalue weighted by molar-refractivity contribution is 0.0589. The standard InChI is InChI=1S/C16H15NO6S/c1-22-15(18)10-7-8-14(12(17)9-10)24(20,21)13-6-4-3-5-11(13)16(19)23-2/h3-9H,17H2,1-2H3. The van der Waals surface area contributed by atoms with E-state index >= 15 is 0 Å². The Hall–Kier alpha value is -2.87. The number of ether oxygens (including phenoxy) is 2. The molecule has 0 aliphatic rings. The SMILES string of the molecule is COC(=O)c1ccc(S(=O)(=O)c2ccccc2C(=O)OC)c(N)c1. The van der Waals surface area contributed by atoms with Crippen molar-refractivity contribution in [3.05, 3.63) is 53.6 Å². The van der Waals surface area contributed by atoms with Crippen molar-refractivity contribution in [1.82, 2.24) is 0 Å². The molecule has 0 atom stereocenters. The summed E-state index contributed by atoms with van der Waals surface area (Å²) in [5.41, 5.74) is 5.69. The van der Waals surface area contributed by atoms with Gasteiger partial charge < -0.3 is 15.2 Å². The molecule has 0 amide bonds. The van der Waals surface area contributed by atoms with Crippen LogP contribution < -0.4 is 5.73 Å². The van der Waals surface area contributed by atoms with Crippen LogP contribution in [0.25, 0.3) is 0 Å². The van der Waals surface area contributed by atoms with Gasteiger partial charge >= 0.3 is 11.9 Å². The van der Waals surface area contributed by atoms with Crippen LogP contribution in [0.3, 0.4) is 0 Å². The molecule has 24 heavy (non-hydrogen) atoms. The monoisotopic (exact) mass is 349 g/mol. The Bertz CT molecular complexity index is 905. The zero-order chi connectivity index (χ0) is 17.9. The highest BCUT2D eigenvalue weighted by Gasteiger charge is 2.27. The molecule has 8 heteroatoms. The van der Waals surface area contributed by atoms with E-state index < -0.39 is 21.8 Å². The van der Waals surface area contributed by atoms with Crippen LogP contribution >= 0.6 is 0 Å². The summed E-state index contributed by atoms with van der Waals surface area (Å²) in [4.78, 5) is 22.8. The third-order valence-electron chi connectivity index (χ3n) is 3.30. The Morgan fingerprint density at radius 2 is 1.54 bits per heavy atom. The van der Waals surface area contributed by atoms with E-state index in [1.165, 1.54) is 49.6 Å². The number of esters is 2. The highest BCUT2D eigenvalue weighted by molar-refractivity contribution is 7.91. The van der Waals surface area contributed by atoms with Crippen molar-refractivity contribution in [3.8, 4) is 0 Å². The number of anilines is 1. The summed E-state index contributed by atoms with van der Waals surface area (Å²) < 4.78 is 34.9. The molecule has 0 saturated heterocycles. The van der Waals surface area contributed by atoms with Gasteiger partial charge in [-0.15, -0.1) is 0 Å². The normalized spacial score (nSPS) is 10.9. The van der Waals surface area contributed by atoms with Crippen molar-refractivity contribution >= 4 is 27.5 Å². The first-order chi connectivity index (χ1) is 11.3. The van der Waals surface area contributed by atoms with E-state index in [1.54, 1.807) is 0 Å². The molecule has 2 aromatic carbocycles. The lowest BCUT2D eigenvalue weighted by Crippen LogP contribution is -2.13. The maximum atomic E-state index is 12.8. The third kappa shape index (κ3) is 3.09. The van der Waals surface area contributed by atoms with Gasteiger partial charge in [-0.05, 0) is 30.3 Å². The fourth-order valence-electron chi connectivity index (χ4n) is 2.14. The van der Waals surface area contributed by atoms with Gasteiger partial charge in [0.05, 0.1) is 40.8 Å². The van der Waals surface area contributed by atoms with Gasteiger partial charge in [0.2, 0.25) is 9.84 Å². The third-order valence-corrected chi connectivity index (χ3v) is 5.19. The maximum absolute atomic E-state index is 12.8. The number of carbonyl (C=O) groups is 2. The summed E-state index contributed by atoms with van der Waals surface area (Å²) in [5.74, 6) is -1.42. The number of rotatable bonds is 4. The number of nitrogen functional groups attached to an aromatic ring is 1. The Kier molecular flexibility index (Phi) is 4.89. The maximum Gasteiger partial charge on any atom is 0.339 e. The number of benzene rings is 2. The molecule has 0 aromatic heterocycles. The van der Waals surface area contributed by atoms with Crippen LogP contribution in [-0.2, 0) is 19.3 Å². The quantitative estimate of drug-likeness (QED) is 0.660. The van der Waals surface area contributed by atoms with E-state index in [4.69, 9.17) is 5.73 Å². The number of hydrogen-bond acceptors (Lipinski definition) is 7. The topological polar surface area (TPSA) is 113 Å². The highest BCUT2D eigenvalue weighted by Crippen LogP contribution is 2.29. The van der Waals surface area contributed by atoms with Crippen LogP contribution in [0.1, 0.15) is 20.7 Å². The minimum Gasteiger partial charge on any atom is -0.465 e. The summed E-state index contributed by atoms with van der Waals surface area (Å²) in [6, 6.07) is 9.33. The lowest BCUT2D eigenvalue weighted by atomic mass is 10.2. The largest absolute Gasteiger partial charge is 0.465 e. The average molecular weight is 349 g/mol. The van der Waals surface area contributed by atoms with Crippen molar-refractivity contribution in [3.63, 3.8) is 0 Å². The Morgan fingerprint density at radius 3 is 2.12 bits per heavy atom. The molecule has 0 spiro atoms. The first-order valence-corrected chi connectivity index (χ1v) is 8.21. The van der Waals surface area contributed by atoms with E-state index in [0.717, 1.165) is 7.11 Å². The molecule has 2 aromatic rings. The molecule has 0 radical (unpaired) electrons. The Morgan fingerprint density at radius 1 is 0.917 bits per heavy atom. The number of carbonyl (C=O) groups excluding carboxylic acids is 2. The number of methoxy groups -OCH3 is 2. The van der Waals surface area contributed by atoms with E-state index in [0.29, 0.717) is 0 Å². The molecule has 2 rings (SSSR count). The number of hydrogen-bond donors (Lipinski definition) is 1. The van der Waals surface area contributed by atoms with Gasteiger partial charge in [0.1, 0.15) is 0 Å². The summed E-state index contributed by atoms with van der Waals surface area (Å²) in [5, 5.41) is 0. The van der Waals surface area contributed by atoms with Gasteiger partial charge in [0, 0.05) is 0 Å².